The van der Waals surface area contributed by atoms with Crippen LogP contribution in [0.5, 0.6) is 11.5 Å². The third kappa shape index (κ3) is 1.52. The number of hydrogen-bond acceptors (Lipinski definition) is 4. The number of H-pyrrole nitrogens is 1. The number of rotatable bonds is 1. The summed E-state index contributed by atoms with van der Waals surface area (Å²) in [5.41, 5.74) is 0.765. The van der Waals surface area contributed by atoms with Crippen LogP contribution >= 0.6 is 0 Å². The van der Waals surface area contributed by atoms with Gasteiger partial charge in [-0.15, -0.1) is 0 Å². The molecule has 15 heavy (non-hydrogen) atoms. The quantitative estimate of drug-likeness (QED) is 0.728. The summed E-state index contributed by atoms with van der Waals surface area (Å²) in [7, 11) is 1.45. The second-order valence-corrected chi connectivity index (χ2v) is 3.21. The minimum absolute atomic E-state index is 0.0296. The van der Waals surface area contributed by atoms with Crippen molar-refractivity contribution in [3.05, 3.63) is 28.3 Å². The van der Waals surface area contributed by atoms with Crippen LogP contribution in [0.3, 0.4) is 0 Å². The van der Waals surface area contributed by atoms with Crippen LogP contribution in [0.4, 0.5) is 0 Å². The van der Waals surface area contributed by atoms with Crippen molar-refractivity contribution in [2.45, 2.75) is 6.92 Å². The Morgan fingerprint density at radius 1 is 1.47 bits per heavy atom. The molecule has 0 bridgehead atoms. The van der Waals surface area contributed by atoms with Crippen molar-refractivity contribution in [2.75, 3.05) is 7.11 Å². The molecule has 0 fully saturated rings. The zero-order chi connectivity index (χ0) is 11.0. The van der Waals surface area contributed by atoms with Crippen molar-refractivity contribution < 1.29 is 9.84 Å². The summed E-state index contributed by atoms with van der Waals surface area (Å²) in [6.45, 7) is 1.75. The minimum atomic E-state index is -0.409. The molecule has 1 aromatic carbocycles. The summed E-state index contributed by atoms with van der Waals surface area (Å²) in [4.78, 5) is 17.5. The third-order valence-corrected chi connectivity index (χ3v) is 2.22. The van der Waals surface area contributed by atoms with Gasteiger partial charge in [-0.3, -0.25) is 0 Å². The van der Waals surface area contributed by atoms with Gasteiger partial charge in [0, 0.05) is 17.1 Å². The first-order chi connectivity index (χ1) is 7.11. The van der Waals surface area contributed by atoms with E-state index in [1.54, 1.807) is 6.92 Å². The fourth-order valence-electron chi connectivity index (χ4n) is 1.48. The van der Waals surface area contributed by atoms with E-state index in [4.69, 9.17) is 4.74 Å². The van der Waals surface area contributed by atoms with E-state index in [9.17, 15) is 9.90 Å². The number of phenols is 1. The Morgan fingerprint density at radius 2 is 2.20 bits per heavy atom. The molecule has 2 rings (SSSR count). The maximum Gasteiger partial charge on any atom is 0.345 e. The lowest BCUT2D eigenvalue weighted by Gasteiger charge is -2.06. The lowest BCUT2D eigenvalue weighted by atomic mass is 10.2. The molecule has 0 amide bonds. The van der Waals surface area contributed by atoms with Gasteiger partial charge in [-0.1, -0.05) is 0 Å². The van der Waals surface area contributed by atoms with Crippen LogP contribution < -0.4 is 10.4 Å². The summed E-state index contributed by atoms with van der Waals surface area (Å²) in [5.74, 6) is 0.335. The molecule has 0 spiro atoms. The van der Waals surface area contributed by atoms with E-state index in [1.807, 2.05) is 0 Å². The number of benzene rings is 1. The smallest absolute Gasteiger partial charge is 0.345 e. The van der Waals surface area contributed by atoms with Crippen LogP contribution in [0, 0.1) is 6.92 Å². The summed E-state index contributed by atoms with van der Waals surface area (Å²) in [6.07, 6.45) is 0. The van der Waals surface area contributed by atoms with Crippen LogP contribution in [0.2, 0.25) is 0 Å². The maximum absolute atomic E-state index is 11.1. The van der Waals surface area contributed by atoms with Crippen molar-refractivity contribution in [3.63, 3.8) is 0 Å². The Hall–Kier alpha value is -2.04. The van der Waals surface area contributed by atoms with E-state index >= 15 is 0 Å². The Bertz CT molecular complexity index is 575. The molecule has 0 radical (unpaired) electrons. The highest BCUT2D eigenvalue weighted by Crippen LogP contribution is 2.30. The van der Waals surface area contributed by atoms with Crippen LogP contribution in [0.1, 0.15) is 5.69 Å². The normalized spacial score (nSPS) is 10.5. The molecule has 2 N–H and O–H groups in total. The van der Waals surface area contributed by atoms with Crippen molar-refractivity contribution in [1.82, 2.24) is 9.97 Å². The molecule has 0 aliphatic carbocycles. The lowest BCUT2D eigenvalue weighted by Crippen LogP contribution is -2.11. The molecule has 0 saturated heterocycles. The largest absolute Gasteiger partial charge is 0.504 e. The number of aromatic hydroxyl groups is 1. The van der Waals surface area contributed by atoms with Gasteiger partial charge in [-0.25, -0.2) is 4.79 Å². The summed E-state index contributed by atoms with van der Waals surface area (Å²) >= 11 is 0. The average molecular weight is 206 g/mol. The fraction of sp³-hybridized carbons (Fsp3) is 0.200. The van der Waals surface area contributed by atoms with E-state index in [0.29, 0.717) is 22.3 Å². The Balaban J connectivity index is 2.87. The SMILES string of the molecule is COc1cc2nc(=O)[nH]c(C)c2cc1O. The van der Waals surface area contributed by atoms with Gasteiger partial charge in [0.15, 0.2) is 11.5 Å². The molecule has 0 saturated carbocycles. The van der Waals surface area contributed by atoms with Gasteiger partial charge < -0.3 is 14.8 Å². The highest BCUT2D eigenvalue weighted by molar-refractivity contribution is 5.84. The number of aromatic amines is 1. The zero-order valence-corrected chi connectivity index (χ0v) is 8.37. The monoisotopic (exact) mass is 206 g/mol. The predicted octanol–water partition coefficient (Wildman–Crippen LogP) is 0.946. The molecule has 78 valence electrons. The number of phenolic OH excluding ortho intramolecular Hbond substituents is 1. The van der Waals surface area contributed by atoms with Crippen LogP contribution in [-0.4, -0.2) is 22.2 Å². The number of nitrogens with one attached hydrogen (secondary N) is 1. The Labute approximate surface area is 85.4 Å². The third-order valence-electron chi connectivity index (χ3n) is 2.22. The Kier molecular flexibility index (Phi) is 2.07. The number of ether oxygens (including phenoxy) is 1. The summed E-state index contributed by atoms with van der Waals surface area (Å²) in [6, 6.07) is 3.05. The zero-order valence-electron chi connectivity index (χ0n) is 8.37. The first-order valence-electron chi connectivity index (χ1n) is 4.39. The van der Waals surface area contributed by atoms with E-state index < -0.39 is 5.69 Å². The summed E-state index contributed by atoms with van der Waals surface area (Å²) in [5, 5.41) is 10.3. The van der Waals surface area contributed by atoms with Gasteiger partial charge in [0.1, 0.15) is 0 Å². The van der Waals surface area contributed by atoms with Gasteiger partial charge in [-0.2, -0.15) is 4.98 Å². The van der Waals surface area contributed by atoms with E-state index in [2.05, 4.69) is 9.97 Å². The Morgan fingerprint density at radius 3 is 2.87 bits per heavy atom. The number of hydrogen-bond donors (Lipinski definition) is 2. The molecule has 1 heterocycles. The average Bonchev–Trinajstić information content (AvgIpc) is 2.18. The standard InChI is InChI=1S/C10H10N2O3/c1-5-6-3-8(13)9(15-2)4-7(6)12-10(14)11-5/h3-4,13H,1-2H3,(H,11,12,14). The molecular weight excluding hydrogens is 196 g/mol. The highest BCUT2D eigenvalue weighted by atomic mass is 16.5. The van der Waals surface area contributed by atoms with Gasteiger partial charge in [0.25, 0.3) is 0 Å². The molecular formula is C10H10N2O3. The molecule has 5 nitrogen and oxygen atoms in total. The van der Waals surface area contributed by atoms with Crippen molar-refractivity contribution in [2.24, 2.45) is 0 Å². The van der Waals surface area contributed by atoms with Crippen molar-refractivity contribution >= 4 is 10.9 Å². The highest BCUT2D eigenvalue weighted by Gasteiger charge is 2.07. The minimum Gasteiger partial charge on any atom is -0.504 e. The van der Waals surface area contributed by atoms with E-state index in [1.165, 1.54) is 19.2 Å². The van der Waals surface area contributed by atoms with Crippen LogP contribution in [0.15, 0.2) is 16.9 Å². The van der Waals surface area contributed by atoms with Gasteiger partial charge in [-0.05, 0) is 13.0 Å². The van der Waals surface area contributed by atoms with Crippen LogP contribution in [-0.2, 0) is 0 Å². The van der Waals surface area contributed by atoms with E-state index in [0.717, 1.165) is 0 Å². The van der Waals surface area contributed by atoms with Crippen molar-refractivity contribution in [1.29, 1.82) is 0 Å². The molecule has 2 aromatic rings. The van der Waals surface area contributed by atoms with Gasteiger partial charge in [0.2, 0.25) is 0 Å². The molecule has 0 aliphatic rings. The first kappa shape index (κ1) is 9.51. The number of nitrogens with zero attached hydrogens (tertiary/aromatic N) is 1. The number of aromatic nitrogens is 2. The number of aryl methyl sites for hydroxylation is 1. The maximum atomic E-state index is 11.1. The number of fused-ring (bicyclic) bond motifs is 1. The fourth-order valence-corrected chi connectivity index (χ4v) is 1.48. The molecule has 0 aliphatic heterocycles. The van der Waals surface area contributed by atoms with Crippen LogP contribution in [0.25, 0.3) is 10.9 Å². The molecule has 0 atom stereocenters. The topological polar surface area (TPSA) is 75.2 Å². The molecule has 5 heteroatoms. The lowest BCUT2D eigenvalue weighted by molar-refractivity contribution is 0.374. The second kappa shape index (κ2) is 3.27. The first-order valence-corrected chi connectivity index (χ1v) is 4.39. The van der Waals surface area contributed by atoms with Crippen molar-refractivity contribution in [3.8, 4) is 11.5 Å². The van der Waals surface area contributed by atoms with E-state index in [-0.39, 0.29) is 5.75 Å². The predicted molar refractivity (Wildman–Crippen MR) is 55.3 cm³/mol. The van der Waals surface area contributed by atoms with Gasteiger partial charge >= 0.3 is 5.69 Å². The molecule has 1 aromatic heterocycles. The molecule has 0 unspecified atom stereocenters. The second-order valence-electron chi connectivity index (χ2n) is 3.21. The van der Waals surface area contributed by atoms with Gasteiger partial charge in [0.05, 0.1) is 12.6 Å². The summed E-state index contributed by atoms with van der Waals surface area (Å²) < 4.78 is 4.93. The number of methoxy groups -OCH3 is 1.